The van der Waals surface area contributed by atoms with E-state index in [1.54, 1.807) is 6.08 Å². The van der Waals surface area contributed by atoms with E-state index >= 15 is 0 Å². The Morgan fingerprint density at radius 1 is 0.923 bits per heavy atom. The van der Waals surface area contributed by atoms with Crippen molar-refractivity contribution in [3.05, 3.63) is 49.1 Å². The molecule has 0 N–H and O–H groups in total. The zero-order valence-corrected chi connectivity index (χ0v) is 8.58. The molecule has 0 atom stereocenters. The third kappa shape index (κ3) is 11.0. The highest BCUT2D eigenvalue weighted by Gasteiger charge is 1.79. The molecular weight excluding hydrogens is 156 g/mol. The normalized spacial score (nSPS) is 12.1. The van der Waals surface area contributed by atoms with Crippen molar-refractivity contribution in [1.82, 2.24) is 0 Å². The molecule has 0 unspecified atom stereocenters. The van der Waals surface area contributed by atoms with Gasteiger partial charge in [-0.1, -0.05) is 68.9 Å². The molecule has 0 aliphatic rings. The SMILES string of the molecule is C=C/C=C/C=C/C=C/CCCCC. The molecule has 0 aliphatic heterocycles. The minimum absolute atomic E-state index is 1.20. The molecule has 0 fully saturated rings. The largest absolute Gasteiger partial charge is 0.0991 e. The fourth-order valence-electron chi connectivity index (χ4n) is 0.958. The molecule has 0 aliphatic carbocycles. The summed E-state index contributed by atoms with van der Waals surface area (Å²) in [6.45, 7) is 5.82. The Kier molecular flexibility index (Phi) is 10.1. The second kappa shape index (κ2) is 11.0. The Bertz CT molecular complexity index is 182. The molecule has 72 valence electrons. The first-order valence-corrected chi connectivity index (χ1v) is 5.02. The molecule has 0 aromatic rings. The van der Waals surface area contributed by atoms with Crippen molar-refractivity contribution in [2.24, 2.45) is 0 Å². The molecule has 0 aromatic heterocycles. The van der Waals surface area contributed by atoms with Crippen LogP contribution < -0.4 is 0 Å². The third-order valence-corrected chi connectivity index (χ3v) is 1.69. The van der Waals surface area contributed by atoms with Crippen LogP contribution in [0, 0.1) is 0 Å². The number of unbranched alkanes of at least 4 members (excludes halogenated alkanes) is 3. The summed E-state index contributed by atoms with van der Waals surface area (Å²) in [5.74, 6) is 0. The fraction of sp³-hybridized carbons (Fsp3) is 0.385. The van der Waals surface area contributed by atoms with Crippen molar-refractivity contribution < 1.29 is 0 Å². The van der Waals surface area contributed by atoms with Crippen molar-refractivity contribution in [2.75, 3.05) is 0 Å². The van der Waals surface area contributed by atoms with Crippen LogP contribution in [0.5, 0.6) is 0 Å². The van der Waals surface area contributed by atoms with Crippen LogP contribution >= 0.6 is 0 Å². The smallest absolute Gasteiger partial charge is 0.0348 e. The Balaban J connectivity index is 3.34. The maximum atomic E-state index is 3.59. The first-order valence-electron chi connectivity index (χ1n) is 5.02. The molecule has 0 nitrogen and oxygen atoms in total. The van der Waals surface area contributed by atoms with Gasteiger partial charge in [-0.2, -0.15) is 0 Å². The molecule has 0 spiro atoms. The monoisotopic (exact) mass is 176 g/mol. The standard InChI is InChI=1S/C13H20/c1-3-5-7-9-11-13-12-10-8-6-4-2/h3,5,7,9,11-13H,1,4,6,8,10H2,2H3/b7-5+,11-9+,13-12+. The van der Waals surface area contributed by atoms with Gasteiger partial charge in [-0.25, -0.2) is 0 Å². The average molecular weight is 176 g/mol. The predicted octanol–water partition coefficient (Wildman–Crippen LogP) is 4.42. The highest BCUT2D eigenvalue weighted by atomic mass is 13.9. The maximum Gasteiger partial charge on any atom is -0.0348 e. The van der Waals surface area contributed by atoms with Crippen LogP contribution in [0.3, 0.4) is 0 Å². The molecule has 0 amide bonds. The third-order valence-electron chi connectivity index (χ3n) is 1.69. The molecule has 0 radical (unpaired) electrons. The van der Waals surface area contributed by atoms with E-state index in [1.807, 2.05) is 24.3 Å². The van der Waals surface area contributed by atoms with Crippen LogP contribution in [0.25, 0.3) is 0 Å². The summed E-state index contributed by atoms with van der Waals surface area (Å²) in [4.78, 5) is 0. The van der Waals surface area contributed by atoms with E-state index in [2.05, 4.69) is 25.7 Å². The van der Waals surface area contributed by atoms with Crippen LogP contribution in [-0.2, 0) is 0 Å². The average Bonchev–Trinajstić information content (AvgIpc) is 2.16. The van der Waals surface area contributed by atoms with Gasteiger partial charge in [-0.15, -0.1) is 0 Å². The van der Waals surface area contributed by atoms with E-state index in [9.17, 15) is 0 Å². The number of rotatable bonds is 7. The lowest BCUT2D eigenvalue weighted by Crippen LogP contribution is -1.69. The van der Waals surface area contributed by atoms with E-state index in [0.29, 0.717) is 0 Å². The fourth-order valence-corrected chi connectivity index (χ4v) is 0.958. The highest BCUT2D eigenvalue weighted by Crippen LogP contribution is 1.99. The molecule has 0 heterocycles. The Morgan fingerprint density at radius 3 is 2.31 bits per heavy atom. The van der Waals surface area contributed by atoms with E-state index in [4.69, 9.17) is 0 Å². The summed E-state index contributed by atoms with van der Waals surface area (Å²) in [6, 6.07) is 0. The second-order valence-electron chi connectivity index (χ2n) is 2.93. The van der Waals surface area contributed by atoms with Crippen molar-refractivity contribution in [2.45, 2.75) is 32.6 Å². The zero-order valence-electron chi connectivity index (χ0n) is 8.58. The Labute approximate surface area is 82.4 Å². The lowest BCUT2D eigenvalue weighted by molar-refractivity contribution is 0.729. The minimum atomic E-state index is 1.20. The zero-order chi connectivity index (χ0) is 9.78. The van der Waals surface area contributed by atoms with Gasteiger partial charge < -0.3 is 0 Å². The van der Waals surface area contributed by atoms with Gasteiger partial charge in [0.05, 0.1) is 0 Å². The van der Waals surface area contributed by atoms with Gasteiger partial charge in [-0.3, -0.25) is 0 Å². The summed E-state index contributed by atoms with van der Waals surface area (Å²) in [5, 5.41) is 0. The highest BCUT2D eigenvalue weighted by molar-refractivity contribution is 5.14. The lowest BCUT2D eigenvalue weighted by Gasteiger charge is -1.89. The Morgan fingerprint density at radius 2 is 1.62 bits per heavy atom. The van der Waals surface area contributed by atoms with Crippen LogP contribution in [0.15, 0.2) is 49.1 Å². The molecule has 0 rings (SSSR count). The summed E-state index contributed by atoms with van der Waals surface area (Å²) in [7, 11) is 0. The van der Waals surface area contributed by atoms with Crippen LogP contribution in [0.1, 0.15) is 32.6 Å². The van der Waals surface area contributed by atoms with E-state index in [-0.39, 0.29) is 0 Å². The van der Waals surface area contributed by atoms with Gasteiger partial charge in [0, 0.05) is 0 Å². The van der Waals surface area contributed by atoms with Crippen molar-refractivity contribution in [1.29, 1.82) is 0 Å². The van der Waals surface area contributed by atoms with Crippen LogP contribution in [-0.4, -0.2) is 0 Å². The molecule has 0 saturated carbocycles. The first kappa shape index (κ1) is 12.0. The quantitative estimate of drug-likeness (QED) is 0.398. The number of hydrogen-bond acceptors (Lipinski definition) is 0. The molecule has 0 bridgehead atoms. The summed E-state index contributed by atoms with van der Waals surface area (Å²) in [6.07, 6.45) is 19.2. The second-order valence-corrected chi connectivity index (χ2v) is 2.93. The minimum Gasteiger partial charge on any atom is -0.0991 e. The lowest BCUT2D eigenvalue weighted by atomic mass is 10.2. The maximum absolute atomic E-state index is 3.59. The summed E-state index contributed by atoms with van der Waals surface area (Å²) < 4.78 is 0. The van der Waals surface area contributed by atoms with Gasteiger partial charge in [-0.05, 0) is 12.8 Å². The Hall–Kier alpha value is -1.04. The van der Waals surface area contributed by atoms with Gasteiger partial charge in [0.1, 0.15) is 0 Å². The van der Waals surface area contributed by atoms with Gasteiger partial charge in [0.15, 0.2) is 0 Å². The number of allylic oxidation sites excluding steroid dienone is 7. The van der Waals surface area contributed by atoms with E-state index < -0.39 is 0 Å². The summed E-state index contributed by atoms with van der Waals surface area (Å²) >= 11 is 0. The van der Waals surface area contributed by atoms with Gasteiger partial charge >= 0.3 is 0 Å². The molecule has 0 aromatic carbocycles. The molecule has 13 heavy (non-hydrogen) atoms. The molecule has 0 heteroatoms. The van der Waals surface area contributed by atoms with Gasteiger partial charge in [0.2, 0.25) is 0 Å². The van der Waals surface area contributed by atoms with E-state index in [1.165, 1.54) is 25.7 Å². The van der Waals surface area contributed by atoms with E-state index in [0.717, 1.165) is 0 Å². The van der Waals surface area contributed by atoms with Crippen molar-refractivity contribution in [3.8, 4) is 0 Å². The number of hydrogen-bond donors (Lipinski definition) is 0. The van der Waals surface area contributed by atoms with Crippen molar-refractivity contribution >= 4 is 0 Å². The van der Waals surface area contributed by atoms with Crippen molar-refractivity contribution in [3.63, 3.8) is 0 Å². The molecule has 0 saturated heterocycles. The van der Waals surface area contributed by atoms with Crippen LogP contribution in [0.4, 0.5) is 0 Å². The topological polar surface area (TPSA) is 0 Å². The van der Waals surface area contributed by atoms with Gasteiger partial charge in [0.25, 0.3) is 0 Å². The molecular formula is C13H20. The first-order chi connectivity index (χ1) is 6.41. The predicted molar refractivity (Wildman–Crippen MR) is 61.8 cm³/mol. The summed E-state index contributed by atoms with van der Waals surface area (Å²) in [5.41, 5.74) is 0. The van der Waals surface area contributed by atoms with Crippen LogP contribution in [0.2, 0.25) is 0 Å².